The molecule has 0 unspecified atom stereocenters. The summed E-state index contributed by atoms with van der Waals surface area (Å²) in [5.41, 5.74) is 0.896. The lowest BCUT2D eigenvalue weighted by molar-refractivity contribution is 0.0719. The van der Waals surface area contributed by atoms with Crippen LogP contribution < -0.4 is 10.3 Å². The number of H-pyrrole nitrogens is 1. The van der Waals surface area contributed by atoms with Crippen LogP contribution in [0.4, 0.5) is 10.1 Å². The first-order valence-corrected chi connectivity index (χ1v) is 13.1. The number of benzene rings is 3. The van der Waals surface area contributed by atoms with Gasteiger partial charge in [-0.05, 0) is 60.2 Å². The number of furan rings is 1. The maximum absolute atomic E-state index is 13.9. The lowest BCUT2D eigenvalue weighted by Crippen LogP contribution is -2.31. The lowest BCUT2D eigenvalue weighted by atomic mass is 10.1. The highest BCUT2D eigenvalue weighted by Crippen LogP contribution is 2.24. The van der Waals surface area contributed by atoms with Crippen LogP contribution in [0.5, 0.6) is 0 Å². The van der Waals surface area contributed by atoms with Gasteiger partial charge in [0.05, 0.1) is 23.3 Å². The molecule has 0 aliphatic heterocycles. The Morgan fingerprint density at radius 2 is 1.68 bits per heavy atom. The quantitative estimate of drug-likeness (QED) is 0.296. The molecule has 0 atom stereocenters. The zero-order chi connectivity index (χ0) is 26.7. The molecule has 5 rings (SSSR count). The number of carbonyl (C=O) groups is 1. The molecule has 10 heteroatoms. The molecule has 2 N–H and O–H groups in total. The monoisotopic (exact) mass is 531 g/mol. The van der Waals surface area contributed by atoms with E-state index in [0.717, 1.165) is 23.8 Å². The third-order valence-electron chi connectivity index (χ3n) is 5.88. The van der Waals surface area contributed by atoms with Gasteiger partial charge in [-0.15, -0.1) is 0 Å². The fourth-order valence-electron chi connectivity index (χ4n) is 4.07. The number of nitrogens with zero attached hydrogens (tertiary/aromatic N) is 1. The van der Waals surface area contributed by atoms with E-state index in [1.807, 2.05) is 30.3 Å². The fraction of sp³-hybridized carbons (Fsp3) is 0.0714. The number of anilines is 1. The van der Waals surface area contributed by atoms with Crippen LogP contribution >= 0.6 is 0 Å². The molecule has 0 aliphatic carbocycles. The predicted molar refractivity (Wildman–Crippen MR) is 141 cm³/mol. The third kappa shape index (κ3) is 5.50. The van der Waals surface area contributed by atoms with Crippen molar-refractivity contribution in [1.82, 2.24) is 9.88 Å². The van der Waals surface area contributed by atoms with Gasteiger partial charge in [-0.25, -0.2) is 12.8 Å². The highest BCUT2D eigenvalue weighted by Gasteiger charge is 2.23. The van der Waals surface area contributed by atoms with E-state index in [-0.39, 0.29) is 34.6 Å². The second-order valence-corrected chi connectivity index (χ2v) is 10.3. The molecule has 0 spiro atoms. The number of carbonyl (C=O) groups excluding carboxylic acids is 1. The molecule has 3 aromatic carbocycles. The van der Waals surface area contributed by atoms with E-state index >= 15 is 0 Å². The van der Waals surface area contributed by atoms with Gasteiger partial charge in [0.1, 0.15) is 11.6 Å². The van der Waals surface area contributed by atoms with Crippen LogP contribution in [-0.2, 0) is 23.1 Å². The van der Waals surface area contributed by atoms with Gasteiger partial charge in [0.25, 0.3) is 15.9 Å². The molecule has 5 aromatic rings. The Bertz CT molecular complexity index is 1750. The van der Waals surface area contributed by atoms with E-state index in [9.17, 15) is 22.4 Å². The molecule has 1 amide bonds. The number of fused-ring (bicyclic) bond motifs is 1. The zero-order valence-electron chi connectivity index (χ0n) is 19.9. The Morgan fingerprint density at radius 1 is 0.921 bits per heavy atom. The Balaban J connectivity index is 1.55. The number of hydrogen-bond donors (Lipinski definition) is 2. The van der Waals surface area contributed by atoms with Crippen molar-refractivity contribution in [2.24, 2.45) is 0 Å². The van der Waals surface area contributed by atoms with E-state index in [4.69, 9.17) is 4.42 Å². The van der Waals surface area contributed by atoms with E-state index < -0.39 is 27.3 Å². The number of amides is 1. The van der Waals surface area contributed by atoms with Crippen molar-refractivity contribution in [1.29, 1.82) is 0 Å². The van der Waals surface area contributed by atoms with Crippen molar-refractivity contribution < 1.29 is 22.0 Å². The van der Waals surface area contributed by atoms with E-state index in [0.29, 0.717) is 11.3 Å². The van der Waals surface area contributed by atoms with Crippen LogP contribution in [0.2, 0.25) is 0 Å². The topological polar surface area (TPSA) is 112 Å². The van der Waals surface area contributed by atoms with Crippen LogP contribution in [0.3, 0.4) is 0 Å². The van der Waals surface area contributed by atoms with Crippen molar-refractivity contribution in [3.05, 3.63) is 130 Å². The first-order chi connectivity index (χ1) is 18.3. The van der Waals surface area contributed by atoms with Crippen LogP contribution in [-0.4, -0.2) is 24.2 Å². The molecule has 0 bridgehead atoms. The Labute approximate surface area is 217 Å². The molecule has 38 heavy (non-hydrogen) atoms. The summed E-state index contributed by atoms with van der Waals surface area (Å²) in [5, 5.41) is 0.258. The summed E-state index contributed by atoms with van der Waals surface area (Å²) < 4.78 is 47.3. The van der Waals surface area contributed by atoms with Gasteiger partial charge in [0.2, 0.25) is 5.56 Å². The normalized spacial score (nSPS) is 11.4. The number of aromatic amines is 1. The van der Waals surface area contributed by atoms with Crippen LogP contribution in [0, 0.1) is 5.82 Å². The maximum atomic E-state index is 13.9. The number of sulfonamides is 1. The minimum atomic E-state index is -4.08. The third-order valence-corrected chi connectivity index (χ3v) is 7.26. The molecule has 8 nitrogen and oxygen atoms in total. The second-order valence-electron chi connectivity index (χ2n) is 8.59. The Kier molecular flexibility index (Phi) is 6.80. The molecule has 0 saturated carbocycles. The number of halogens is 1. The van der Waals surface area contributed by atoms with Gasteiger partial charge in [-0.2, -0.15) is 0 Å². The lowest BCUT2D eigenvalue weighted by Gasteiger charge is -2.23. The number of pyridine rings is 1. The summed E-state index contributed by atoms with van der Waals surface area (Å²) in [6, 6.07) is 22.9. The first-order valence-electron chi connectivity index (χ1n) is 11.6. The Morgan fingerprint density at radius 3 is 2.39 bits per heavy atom. The SMILES string of the molecule is O=C(c1cc(=O)[nH]c2ccc(S(=O)(=O)Nc3ccc(F)cc3)cc12)N(Cc1ccccc1)Cc1ccco1. The van der Waals surface area contributed by atoms with E-state index in [1.165, 1.54) is 41.5 Å². The van der Waals surface area contributed by atoms with Gasteiger partial charge in [0.15, 0.2) is 0 Å². The van der Waals surface area contributed by atoms with Gasteiger partial charge in [-0.3, -0.25) is 14.3 Å². The highest BCUT2D eigenvalue weighted by atomic mass is 32.2. The van der Waals surface area contributed by atoms with Gasteiger partial charge in [0, 0.05) is 29.2 Å². The van der Waals surface area contributed by atoms with Gasteiger partial charge < -0.3 is 14.3 Å². The standard InChI is InChI=1S/C28H22FN3O5S/c29-20-8-10-21(11-9-20)31-38(35,36)23-12-13-26-24(15-23)25(16-27(33)30-26)28(34)32(18-22-7-4-14-37-22)17-19-5-2-1-3-6-19/h1-16,31H,17-18H2,(H,30,33). The van der Waals surface area contributed by atoms with Gasteiger partial charge in [-0.1, -0.05) is 30.3 Å². The zero-order valence-corrected chi connectivity index (χ0v) is 20.7. The summed E-state index contributed by atoms with van der Waals surface area (Å²) in [7, 11) is -4.08. The molecule has 192 valence electrons. The molecule has 0 radical (unpaired) electrons. The van der Waals surface area contributed by atoms with Crippen molar-refractivity contribution in [2.75, 3.05) is 4.72 Å². The molecule has 0 saturated heterocycles. The number of rotatable bonds is 8. The average molecular weight is 532 g/mol. The summed E-state index contributed by atoms with van der Waals surface area (Å²) >= 11 is 0. The first kappa shape index (κ1) is 25.0. The fourth-order valence-corrected chi connectivity index (χ4v) is 5.16. The summed E-state index contributed by atoms with van der Waals surface area (Å²) in [5.74, 6) is -0.419. The van der Waals surface area contributed by atoms with Crippen LogP contribution in [0.15, 0.2) is 111 Å². The summed E-state index contributed by atoms with van der Waals surface area (Å²) in [6.07, 6.45) is 1.51. The predicted octanol–water partition coefficient (Wildman–Crippen LogP) is 4.90. The molecular formula is C28H22FN3O5S. The van der Waals surface area contributed by atoms with Crippen molar-refractivity contribution in [3.8, 4) is 0 Å². The second kappa shape index (κ2) is 10.3. The van der Waals surface area contributed by atoms with Crippen LogP contribution in [0.1, 0.15) is 21.7 Å². The summed E-state index contributed by atoms with van der Waals surface area (Å²) in [6.45, 7) is 0.373. The summed E-state index contributed by atoms with van der Waals surface area (Å²) in [4.78, 5) is 30.4. The maximum Gasteiger partial charge on any atom is 0.261 e. The number of nitrogens with one attached hydrogen (secondary N) is 2. The van der Waals surface area contributed by atoms with E-state index in [1.54, 1.807) is 12.1 Å². The molecule has 0 fully saturated rings. The molecule has 0 aliphatic rings. The van der Waals surface area contributed by atoms with Crippen molar-refractivity contribution in [3.63, 3.8) is 0 Å². The largest absolute Gasteiger partial charge is 0.467 e. The van der Waals surface area contributed by atoms with Crippen molar-refractivity contribution in [2.45, 2.75) is 18.0 Å². The van der Waals surface area contributed by atoms with Gasteiger partial charge >= 0.3 is 0 Å². The van der Waals surface area contributed by atoms with Crippen molar-refractivity contribution >= 4 is 32.5 Å². The van der Waals surface area contributed by atoms with E-state index in [2.05, 4.69) is 9.71 Å². The minimum Gasteiger partial charge on any atom is -0.467 e. The molecule has 2 heterocycles. The number of hydrogen-bond acceptors (Lipinski definition) is 5. The minimum absolute atomic E-state index is 0.0464. The average Bonchev–Trinajstić information content (AvgIpc) is 3.42. The Hall–Kier alpha value is -4.70. The smallest absolute Gasteiger partial charge is 0.261 e. The van der Waals surface area contributed by atoms with Crippen LogP contribution in [0.25, 0.3) is 10.9 Å². The number of aromatic nitrogens is 1. The highest BCUT2D eigenvalue weighted by molar-refractivity contribution is 7.92. The molecular weight excluding hydrogens is 509 g/mol. The molecule has 2 aromatic heterocycles.